The Morgan fingerprint density at radius 3 is 1.17 bits per heavy atom. The van der Waals surface area contributed by atoms with Crippen molar-refractivity contribution in [3.63, 3.8) is 0 Å². The van der Waals surface area contributed by atoms with Gasteiger partial charge in [-0.1, -0.05) is 36.4 Å². The van der Waals surface area contributed by atoms with Crippen LogP contribution in [0.1, 0.15) is 44.5 Å². The number of para-hydroxylation sites is 2. The van der Waals surface area contributed by atoms with Crippen LogP contribution in [0.25, 0.3) is 0 Å². The number of rotatable bonds is 2. The second-order valence-electron chi connectivity index (χ2n) is 11.5. The molecule has 0 atom stereocenters. The molecule has 2 heterocycles. The molecule has 4 N–H and O–H groups in total. The topological polar surface area (TPSA) is 203 Å². The molecule has 246 valence electrons. The highest BCUT2D eigenvalue weighted by Crippen LogP contribution is 2.40. The first-order chi connectivity index (χ1) is 23.1. The van der Waals surface area contributed by atoms with Gasteiger partial charge in [0.1, 0.15) is 23.0 Å². The Kier molecular flexibility index (Phi) is 8.79. The van der Waals surface area contributed by atoms with Gasteiger partial charge in [-0.25, -0.2) is 0 Å². The average molecular weight is 655 g/mol. The summed E-state index contributed by atoms with van der Waals surface area (Å²) in [6.45, 7) is -0.679. The quantitative estimate of drug-likeness (QED) is 0.124. The Bertz CT molecular complexity index is 1740. The molecule has 0 saturated carbocycles. The van der Waals surface area contributed by atoms with Crippen molar-refractivity contribution in [3.8, 4) is 23.0 Å². The van der Waals surface area contributed by atoms with E-state index in [1.165, 1.54) is 24.3 Å². The van der Waals surface area contributed by atoms with Gasteiger partial charge >= 0.3 is 0 Å². The smallest absolute Gasteiger partial charge is 0.270 e. The van der Waals surface area contributed by atoms with E-state index >= 15 is 0 Å². The van der Waals surface area contributed by atoms with Crippen LogP contribution < -0.4 is 20.1 Å². The molecule has 48 heavy (non-hydrogen) atoms. The van der Waals surface area contributed by atoms with Gasteiger partial charge in [0.15, 0.2) is 13.2 Å². The van der Waals surface area contributed by atoms with Crippen LogP contribution in [0.2, 0.25) is 0 Å². The largest absolute Gasteiger partial charge is 0.507 e. The summed E-state index contributed by atoms with van der Waals surface area (Å²) < 4.78 is 12.1. The van der Waals surface area contributed by atoms with Gasteiger partial charge in [0, 0.05) is 85.3 Å². The molecule has 0 fully saturated rings. The van der Waals surface area contributed by atoms with Crippen molar-refractivity contribution < 1.29 is 39.1 Å². The first-order valence-corrected chi connectivity index (χ1v) is 15.1. The van der Waals surface area contributed by atoms with E-state index in [1.54, 1.807) is 36.4 Å². The third-order valence-electron chi connectivity index (χ3n) is 8.27. The van der Waals surface area contributed by atoms with Crippen LogP contribution >= 0.6 is 0 Å². The zero-order chi connectivity index (χ0) is 33.9. The van der Waals surface area contributed by atoms with E-state index in [9.17, 15) is 40.0 Å². The number of nitrogens with one attached hydrogen (secondary N) is 2. The lowest BCUT2D eigenvalue weighted by atomic mass is 9.91. The Morgan fingerprint density at radius 1 is 0.562 bits per heavy atom. The molecule has 0 saturated heterocycles. The molecule has 0 radical (unpaired) electrons. The Morgan fingerprint density at radius 2 is 0.875 bits per heavy atom. The van der Waals surface area contributed by atoms with E-state index in [0.717, 1.165) is 0 Å². The monoisotopic (exact) mass is 654 g/mol. The van der Waals surface area contributed by atoms with Crippen molar-refractivity contribution >= 4 is 23.2 Å². The number of nitro benzene ring substituents is 2. The highest BCUT2D eigenvalue weighted by molar-refractivity contribution is 5.79. The average Bonchev–Trinajstić information content (AvgIpc) is 3.05. The Hall–Kier alpha value is -6.18. The van der Waals surface area contributed by atoms with Gasteiger partial charge in [0.2, 0.25) is 0 Å². The predicted molar refractivity (Wildman–Crippen MR) is 171 cm³/mol. The second-order valence-corrected chi connectivity index (χ2v) is 11.5. The number of ether oxygens (including phenoxy) is 2. The summed E-state index contributed by atoms with van der Waals surface area (Å²) in [5, 5.41) is 52.5. The lowest BCUT2D eigenvalue weighted by Gasteiger charge is -2.20. The van der Waals surface area contributed by atoms with Crippen molar-refractivity contribution in [2.45, 2.75) is 25.7 Å². The molecule has 14 heteroatoms. The van der Waals surface area contributed by atoms with Crippen LogP contribution in [0.3, 0.4) is 0 Å². The van der Waals surface area contributed by atoms with E-state index in [2.05, 4.69) is 10.6 Å². The number of hydrogen-bond acceptors (Lipinski definition) is 10. The number of nitrogens with zero attached hydrogens (tertiary/aromatic N) is 2. The summed E-state index contributed by atoms with van der Waals surface area (Å²) in [5.74, 6) is -0.952. The van der Waals surface area contributed by atoms with E-state index in [1.807, 2.05) is 0 Å². The summed E-state index contributed by atoms with van der Waals surface area (Å²) >= 11 is 0. The fourth-order valence-corrected chi connectivity index (χ4v) is 6.04. The maximum absolute atomic E-state index is 12.8. The first-order valence-electron chi connectivity index (χ1n) is 15.1. The number of carbonyl (C=O) groups excluding carboxylic acids is 2. The molecule has 0 aromatic heterocycles. The summed E-state index contributed by atoms with van der Waals surface area (Å²) in [5.41, 5.74) is 2.23. The molecule has 0 spiro atoms. The number of phenolic OH excluding ortho intramolecular Hbond substituents is 2. The molecule has 2 aliphatic heterocycles. The van der Waals surface area contributed by atoms with Crippen molar-refractivity contribution in [3.05, 3.63) is 125 Å². The number of benzene rings is 4. The minimum absolute atomic E-state index is 0.0424. The number of hydrogen-bond donors (Lipinski definition) is 4. The van der Waals surface area contributed by atoms with Gasteiger partial charge in [0.05, 0.1) is 9.85 Å². The first kappa shape index (κ1) is 31.8. The van der Waals surface area contributed by atoms with E-state index in [-0.39, 0.29) is 95.4 Å². The van der Waals surface area contributed by atoms with Crippen molar-refractivity contribution in [2.24, 2.45) is 0 Å². The number of phenols is 2. The van der Waals surface area contributed by atoms with E-state index in [4.69, 9.17) is 9.47 Å². The standard InChI is InChI=1S/C34H30N4O10/c39-29-17-47-33-19-3-1-4-20(33)10-24-14-28(38(45)46)16-26(32(24)42)12-22-6-2-5-21(34(22)48-18-30(40)36-8-7-35-29)11-25-15-27(37(43)44)13-23(9-19)31(25)41/h1-6,13-16,41-42H,7-12,17-18H2,(H,35,39)(H,36,40). The summed E-state index contributed by atoms with van der Waals surface area (Å²) in [7, 11) is 0. The second kappa shape index (κ2) is 13.3. The summed E-state index contributed by atoms with van der Waals surface area (Å²) in [4.78, 5) is 48.5. The van der Waals surface area contributed by atoms with Gasteiger partial charge in [-0.3, -0.25) is 29.8 Å². The molecule has 1 aliphatic carbocycles. The van der Waals surface area contributed by atoms with Crippen LogP contribution in [-0.2, 0) is 35.3 Å². The van der Waals surface area contributed by atoms with Crippen LogP contribution in [0.5, 0.6) is 23.0 Å². The predicted octanol–water partition coefficient (Wildman–Crippen LogP) is 3.59. The molecule has 0 unspecified atom stereocenters. The Balaban J connectivity index is 1.65. The van der Waals surface area contributed by atoms with Crippen LogP contribution in [0.4, 0.5) is 11.4 Å². The van der Waals surface area contributed by atoms with E-state index in [0.29, 0.717) is 22.3 Å². The van der Waals surface area contributed by atoms with Crippen LogP contribution in [0.15, 0.2) is 60.7 Å². The number of amides is 2. The van der Waals surface area contributed by atoms with Crippen molar-refractivity contribution in [1.29, 1.82) is 0 Å². The molecule has 4 aromatic carbocycles. The maximum Gasteiger partial charge on any atom is 0.270 e. The van der Waals surface area contributed by atoms with Crippen molar-refractivity contribution in [1.82, 2.24) is 10.6 Å². The summed E-state index contributed by atoms with van der Waals surface area (Å²) in [6.07, 6.45) is -0.169. The van der Waals surface area contributed by atoms with E-state index < -0.39 is 34.9 Å². The lowest BCUT2D eigenvalue weighted by molar-refractivity contribution is -0.385. The molecule has 2 amide bonds. The SMILES string of the molecule is O=C1COc2c3cccc2Cc2cc([N+](=O)[O-])cc(c2O)Cc2cccc(c2OCC(=O)NCCN1)Cc1cc([N+](=O)[O-])cc(c1O)C3. The number of fused-ring (bicyclic) bond motifs is 9. The minimum atomic E-state index is -0.557. The summed E-state index contributed by atoms with van der Waals surface area (Å²) in [6, 6.07) is 15.2. The molecule has 3 aliphatic rings. The zero-order valence-electron chi connectivity index (χ0n) is 25.5. The van der Waals surface area contributed by atoms with Crippen LogP contribution in [-0.4, -0.2) is 58.2 Å². The molecule has 14 nitrogen and oxygen atoms in total. The minimum Gasteiger partial charge on any atom is -0.507 e. The lowest BCUT2D eigenvalue weighted by Crippen LogP contribution is -2.38. The number of carbonyl (C=O) groups is 2. The van der Waals surface area contributed by atoms with Crippen molar-refractivity contribution in [2.75, 3.05) is 26.3 Å². The molecule has 7 rings (SSSR count). The third-order valence-corrected chi connectivity index (χ3v) is 8.27. The number of non-ortho nitro benzene ring substituents is 2. The molecular formula is C34H30N4O10. The molecule has 10 bridgehead atoms. The van der Waals surface area contributed by atoms with Gasteiger partial charge in [-0.15, -0.1) is 0 Å². The highest BCUT2D eigenvalue weighted by Gasteiger charge is 2.25. The van der Waals surface area contributed by atoms with Gasteiger partial charge in [-0.2, -0.15) is 0 Å². The van der Waals surface area contributed by atoms with Gasteiger partial charge in [0.25, 0.3) is 23.2 Å². The fourth-order valence-electron chi connectivity index (χ4n) is 6.04. The maximum atomic E-state index is 12.8. The fraction of sp³-hybridized carbons (Fsp3) is 0.235. The van der Waals surface area contributed by atoms with Gasteiger partial charge in [-0.05, 0) is 22.3 Å². The van der Waals surface area contributed by atoms with Gasteiger partial charge < -0.3 is 30.3 Å². The normalized spacial score (nSPS) is 14.8. The Labute approximate surface area is 273 Å². The van der Waals surface area contributed by atoms with Crippen LogP contribution in [0, 0.1) is 20.2 Å². The highest BCUT2D eigenvalue weighted by atomic mass is 16.6. The number of nitro groups is 2. The number of aromatic hydroxyl groups is 2. The zero-order valence-corrected chi connectivity index (χ0v) is 25.5. The third kappa shape index (κ3) is 6.67. The molecule has 4 aromatic rings. The molecular weight excluding hydrogens is 624 g/mol.